The van der Waals surface area contributed by atoms with Crippen LogP contribution in [0, 0.1) is 0 Å². The van der Waals surface area contributed by atoms with Crippen molar-refractivity contribution in [1.29, 1.82) is 0 Å². The lowest BCUT2D eigenvalue weighted by Gasteiger charge is -2.12. The van der Waals surface area contributed by atoms with Gasteiger partial charge < -0.3 is 5.73 Å². The molecule has 1 atom stereocenters. The Morgan fingerprint density at radius 2 is 2.19 bits per heavy atom. The molecule has 1 aromatic rings. The summed E-state index contributed by atoms with van der Waals surface area (Å²) in [6.45, 7) is 4.78. The van der Waals surface area contributed by atoms with Crippen LogP contribution in [0.4, 0.5) is 0 Å². The molecule has 0 bridgehead atoms. The Bertz CT molecular complexity index is 334. The van der Waals surface area contributed by atoms with Gasteiger partial charge in [0.05, 0.1) is 17.5 Å². The fraction of sp³-hybridized carbons (Fsp3) is 0.727. The summed E-state index contributed by atoms with van der Waals surface area (Å²) in [7, 11) is -0.876. The van der Waals surface area contributed by atoms with E-state index in [1.165, 1.54) is 0 Å². The molecule has 16 heavy (non-hydrogen) atoms. The van der Waals surface area contributed by atoms with Crippen LogP contribution in [0.5, 0.6) is 0 Å². The van der Waals surface area contributed by atoms with Crippen molar-refractivity contribution in [2.24, 2.45) is 5.73 Å². The lowest BCUT2D eigenvalue weighted by Crippen LogP contribution is -2.12. The smallest absolute Gasteiger partial charge is 0.0749 e. The predicted octanol–water partition coefficient (Wildman–Crippen LogP) is 1.45. The number of nitrogens with two attached hydrogens (primary N) is 1. The first-order chi connectivity index (χ1) is 7.71. The molecule has 0 saturated carbocycles. The molecule has 0 spiro atoms. The molecule has 1 aromatic heterocycles. The Morgan fingerprint density at radius 1 is 1.50 bits per heavy atom. The average Bonchev–Trinajstić information content (AvgIpc) is 2.68. The lowest BCUT2D eigenvalue weighted by molar-refractivity contribution is 0.426. The normalized spacial score (nSPS) is 13.2. The Kier molecular flexibility index (Phi) is 5.69. The number of aromatic nitrogens is 2. The van der Waals surface area contributed by atoms with Crippen LogP contribution in [0.15, 0.2) is 12.3 Å². The largest absolute Gasteiger partial charge is 0.330 e. The van der Waals surface area contributed by atoms with Crippen molar-refractivity contribution in [3.63, 3.8) is 0 Å². The van der Waals surface area contributed by atoms with Gasteiger partial charge in [-0.25, -0.2) is 0 Å². The van der Waals surface area contributed by atoms with Gasteiger partial charge >= 0.3 is 0 Å². The molecule has 1 rings (SSSR count). The van der Waals surface area contributed by atoms with Crippen molar-refractivity contribution in [2.45, 2.75) is 38.5 Å². The van der Waals surface area contributed by atoms with Crippen LogP contribution in [-0.2, 0) is 16.6 Å². The second-order valence-corrected chi connectivity index (χ2v) is 5.41. The van der Waals surface area contributed by atoms with Crippen LogP contribution in [0.3, 0.4) is 0 Å². The Balaban J connectivity index is 2.60. The summed E-state index contributed by atoms with van der Waals surface area (Å²) < 4.78 is 13.5. The van der Waals surface area contributed by atoms with Crippen LogP contribution in [0.2, 0.25) is 0 Å². The molecule has 1 unspecified atom stereocenters. The van der Waals surface area contributed by atoms with E-state index >= 15 is 0 Å². The molecule has 0 amide bonds. The molecule has 1 heterocycles. The maximum atomic E-state index is 11.5. The molecule has 0 fully saturated rings. The number of hydrogen-bond donors (Lipinski definition) is 1. The predicted molar refractivity (Wildman–Crippen MR) is 67.6 cm³/mol. The van der Waals surface area contributed by atoms with Crippen molar-refractivity contribution in [1.82, 2.24) is 9.78 Å². The Hall–Kier alpha value is -0.680. The number of hydrogen-bond acceptors (Lipinski definition) is 3. The second kappa shape index (κ2) is 6.81. The third kappa shape index (κ3) is 3.72. The molecular weight excluding hydrogens is 222 g/mol. The van der Waals surface area contributed by atoms with Crippen molar-refractivity contribution >= 4 is 10.8 Å². The van der Waals surface area contributed by atoms with Gasteiger partial charge in [-0.2, -0.15) is 5.10 Å². The summed E-state index contributed by atoms with van der Waals surface area (Å²) in [5.74, 6) is 1.07. The first-order valence-electron chi connectivity index (χ1n) is 5.80. The summed E-state index contributed by atoms with van der Waals surface area (Å²) >= 11 is 0. The summed E-state index contributed by atoms with van der Waals surface area (Å²) in [6.07, 6.45) is 4.12. The highest BCUT2D eigenvalue weighted by molar-refractivity contribution is 7.84. The van der Waals surface area contributed by atoms with E-state index in [1.807, 2.05) is 16.9 Å². The van der Waals surface area contributed by atoms with E-state index in [9.17, 15) is 4.21 Å². The zero-order valence-electron chi connectivity index (χ0n) is 10.1. The molecule has 4 nitrogen and oxygen atoms in total. The van der Waals surface area contributed by atoms with Crippen molar-refractivity contribution in [3.05, 3.63) is 18.0 Å². The van der Waals surface area contributed by atoms with Crippen LogP contribution in [0.25, 0.3) is 0 Å². The van der Waals surface area contributed by atoms with Gasteiger partial charge in [-0.1, -0.05) is 13.8 Å². The maximum absolute atomic E-state index is 11.5. The highest BCUT2D eigenvalue weighted by atomic mass is 32.2. The number of nitrogens with zero attached hydrogens (tertiary/aromatic N) is 2. The van der Waals surface area contributed by atoms with Gasteiger partial charge in [-0.15, -0.1) is 0 Å². The van der Waals surface area contributed by atoms with E-state index in [-0.39, 0.29) is 0 Å². The Labute approximate surface area is 99.7 Å². The first kappa shape index (κ1) is 13.4. The van der Waals surface area contributed by atoms with Gasteiger partial charge in [0.1, 0.15) is 0 Å². The van der Waals surface area contributed by atoms with E-state index in [0.29, 0.717) is 24.1 Å². The van der Waals surface area contributed by atoms with Gasteiger partial charge in [0, 0.05) is 29.3 Å². The molecular formula is C11H21N3OS. The van der Waals surface area contributed by atoms with Gasteiger partial charge in [0.15, 0.2) is 0 Å². The van der Waals surface area contributed by atoms with Crippen molar-refractivity contribution in [3.8, 4) is 0 Å². The monoisotopic (exact) mass is 243 g/mol. The summed E-state index contributed by atoms with van der Waals surface area (Å²) in [5.41, 5.74) is 6.26. The van der Waals surface area contributed by atoms with Gasteiger partial charge in [-0.3, -0.25) is 8.89 Å². The van der Waals surface area contributed by atoms with Crippen molar-refractivity contribution < 1.29 is 4.21 Å². The van der Waals surface area contributed by atoms with Crippen LogP contribution in [0.1, 0.15) is 38.4 Å². The zero-order chi connectivity index (χ0) is 12.0. The van der Waals surface area contributed by atoms with Gasteiger partial charge in [0.2, 0.25) is 0 Å². The molecule has 92 valence electrons. The van der Waals surface area contributed by atoms with E-state index in [4.69, 9.17) is 5.73 Å². The van der Waals surface area contributed by atoms with Crippen LogP contribution >= 0.6 is 0 Å². The SMILES string of the molecule is CCC(CC)n1ccc(CS(=O)CCN)n1. The summed E-state index contributed by atoms with van der Waals surface area (Å²) in [6, 6.07) is 2.41. The quantitative estimate of drug-likeness (QED) is 0.788. The minimum atomic E-state index is -0.876. The molecule has 5 heteroatoms. The summed E-state index contributed by atoms with van der Waals surface area (Å²) in [4.78, 5) is 0. The zero-order valence-corrected chi connectivity index (χ0v) is 10.9. The molecule has 0 radical (unpaired) electrons. The molecule has 2 N–H and O–H groups in total. The van der Waals surface area contributed by atoms with E-state index in [0.717, 1.165) is 18.5 Å². The molecule has 0 aliphatic rings. The highest BCUT2D eigenvalue weighted by Gasteiger charge is 2.09. The maximum Gasteiger partial charge on any atom is 0.0749 e. The molecule has 0 aliphatic carbocycles. The van der Waals surface area contributed by atoms with Gasteiger partial charge in [-0.05, 0) is 18.9 Å². The average molecular weight is 243 g/mol. The first-order valence-corrected chi connectivity index (χ1v) is 7.29. The van der Waals surface area contributed by atoms with Gasteiger partial charge in [0.25, 0.3) is 0 Å². The van der Waals surface area contributed by atoms with E-state index in [2.05, 4.69) is 18.9 Å². The minimum Gasteiger partial charge on any atom is -0.330 e. The fourth-order valence-corrected chi connectivity index (χ4v) is 2.58. The topological polar surface area (TPSA) is 60.9 Å². The fourth-order valence-electron chi connectivity index (χ4n) is 1.69. The lowest BCUT2D eigenvalue weighted by atomic mass is 10.2. The van der Waals surface area contributed by atoms with E-state index in [1.54, 1.807) is 0 Å². The highest BCUT2D eigenvalue weighted by Crippen LogP contribution is 2.14. The van der Waals surface area contributed by atoms with E-state index < -0.39 is 10.8 Å². The van der Waals surface area contributed by atoms with Crippen LogP contribution < -0.4 is 5.73 Å². The van der Waals surface area contributed by atoms with Crippen LogP contribution in [-0.4, -0.2) is 26.3 Å². The third-order valence-electron chi connectivity index (χ3n) is 2.63. The molecule has 0 aromatic carbocycles. The number of rotatable bonds is 7. The molecule has 0 aliphatic heterocycles. The Morgan fingerprint density at radius 3 is 2.75 bits per heavy atom. The molecule has 0 saturated heterocycles. The second-order valence-electron chi connectivity index (χ2n) is 3.83. The minimum absolute atomic E-state index is 0.455. The summed E-state index contributed by atoms with van der Waals surface area (Å²) in [5, 5.41) is 4.46. The van der Waals surface area contributed by atoms with Crippen molar-refractivity contribution in [2.75, 3.05) is 12.3 Å². The third-order valence-corrected chi connectivity index (χ3v) is 3.94. The standard InChI is InChI=1S/C11H21N3OS/c1-3-11(4-2)14-7-5-10(13-14)9-16(15)8-6-12/h5,7,11H,3-4,6,8-9,12H2,1-2H3.